The quantitative estimate of drug-likeness (QED) is 0.706. The molecule has 0 aromatic rings. The van der Waals surface area contributed by atoms with Crippen LogP contribution in [-0.4, -0.2) is 43.7 Å². The van der Waals surface area contributed by atoms with Gasteiger partial charge in [-0.3, -0.25) is 4.90 Å². The molecule has 1 saturated heterocycles. The molecule has 0 aromatic heterocycles. The van der Waals surface area contributed by atoms with Crippen LogP contribution in [0.5, 0.6) is 0 Å². The van der Waals surface area contributed by atoms with Crippen LogP contribution in [-0.2, 0) is 0 Å². The molecule has 2 atom stereocenters. The van der Waals surface area contributed by atoms with E-state index in [1.165, 1.54) is 19.4 Å². The lowest BCUT2D eigenvalue weighted by atomic mass is 10.1. The van der Waals surface area contributed by atoms with Crippen LogP contribution < -0.4 is 11.1 Å². The van der Waals surface area contributed by atoms with Gasteiger partial charge >= 0.3 is 0 Å². The molecular formula is C9H22ClN3. The normalized spacial score (nSPS) is 25.4. The number of nitrogens with two attached hydrogens (primary N) is 1. The molecule has 0 bridgehead atoms. The van der Waals surface area contributed by atoms with E-state index in [4.69, 9.17) is 5.73 Å². The van der Waals surface area contributed by atoms with Gasteiger partial charge in [0.1, 0.15) is 0 Å². The Morgan fingerprint density at radius 1 is 1.62 bits per heavy atom. The molecule has 0 amide bonds. The second-order valence-electron chi connectivity index (χ2n) is 3.75. The molecule has 0 saturated carbocycles. The van der Waals surface area contributed by atoms with E-state index < -0.39 is 0 Å². The van der Waals surface area contributed by atoms with Gasteiger partial charge in [-0.15, -0.1) is 12.4 Å². The molecule has 0 spiro atoms. The second-order valence-corrected chi connectivity index (χ2v) is 3.75. The number of hydrogen-bond donors (Lipinski definition) is 2. The molecule has 3 N–H and O–H groups in total. The Bertz CT molecular complexity index is 126. The SMILES string of the molecule is CC(CN)N(C)C1CCCNC1.Cl. The molecule has 4 heteroatoms. The van der Waals surface area contributed by atoms with E-state index in [1.807, 2.05) is 0 Å². The molecule has 1 fully saturated rings. The van der Waals surface area contributed by atoms with Crippen molar-refractivity contribution in [2.45, 2.75) is 31.8 Å². The number of nitrogens with zero attached hydrogens (tertiary/aromatic N) is 1. The monoisotopic (exact) mass is 207 g/mol. The van der Waals surface area contributed by atoms with Crippen molar-refractivity contribution in [2.75, 3.05) is 26.7 Å². The van der Waals surface area contributed by atoms with Crippen molar-refractivity contribution in [2.24, 2.45) is 5.73 Å². The smallest absolute Gasteiger partial charge is 0.0221 e. The molecule has 0 aliphatic carbocycles. The lowest BCUT2D eigenvalue weighted by Crippen LogP contribution is -2.49. The summed E-state index contributed by atoms with van der Waals surface area (Å²) in [6.07, 6.45) is 2.61. The first-order valence-corrected chi connectivity index (χ1v) is 4.88. The average molecular weight is 208 g/mol. The van der Waals surface area contributed by atoms with Gasteiger partial charge in [-0.25, -0.2) is 0 Å². The standard InChI is InChI=1S/C9H21N3.ClH/c1-8(6-10)12(2)9-4-3-5-11-7-9;/h8-9,11H,3-7,10H2,1-2H3;1H. The topological polar surface area (TPSA) is 41.3 Å². The zero-order chi connectivity index (χ0) is 8.97. The van der Waals surface area contributed by atoms with Crippen LogP contribution in [0.25, 0.3) is 0 Å². The van der Waals surface area contributed by atoms with Crippen molar-refractivity contribution in [3.05, 3.63) is 0 Å². The molecule has 80 valence electrons. The average Bonchev–Trinajstić information content (AvgIpc) is 2.17. The fourth-order valence-electron chi connectivity index (χ4n) is 1.71. The van der Waals surface area contributed by atoms with Gasteiger partial charge in [0.2, 0.25) is 0 Å². The van der Waals surface area contributed by atoms with Crippen molar-refractivity contribution in [1.82, 2.24) is 10.2 Å². The minimum absolute atomic E-state index is 0. The molecule has 0 radical (unpaired) electrons. The summed E-state index contributed by atoms with van der Waals surface area (Å²) in [6.45, 7) is 5.25. The Kier molecular flexibility index (Phi) is 6.68. The third-order valence-electron chi connectivity index (χ3n) is 2.88. The van der Waals surface area contributed by atoms with Crippen molar-refractivity contribution in [3.63, 3.8) is 0 Å². The summed E-state index contributed by atoms with van der Waals surface area (Å²) in [5.41, 5.74) is 5.62. The van der Waals surface area contributed by atoms with Crippen LogP contribution in [0, 0.1) is 0 Å². The summed E-state index contributed by atoms with van der Waals surface area (Å²) < 4.78 is 0. The third-order valence-corrected chi connectivity index (χ3v) is 2.88. The Morgan fingerprint density at radius 2 is 2.31 bits per heavy atom. The number of likely N-dealkylation sites (N-methyl/N-ethyl adjacent to an activating group) is 1. The predicted octanol–water partition coefficient (Wildman–Crippen LogP) is 0.439. The van der Waals surface area contributed by atoms with Gasteiger partial charge < -0.3 is 11.1 Å². The molecule has 0 aromatic carbocycles. The van der Waals surface area contributed by atoms with Gasteiger partial charge in [0.05, 0.1) is 0 Å². The van der Waals surface area contributed by atoms with Gasteiger partial charge in [0.15, 0.2) is 0 Å². The van der Waals surface area contributed by atoms with Gasteiger partial charge in [-0.2, -0.15) is 0 Å². The fourth-order valence-corrected chi connectivity index (χ4v) is 1.71. The maximum absolute atomic E-state index is 5.62. The van der Waals surface area contributed by atoms with Gasteiger partial charge in [0.25, 0.3) is 0 Å². The first-order valence-electron chi connectivity index (χ1n) is 4.88. The number of halogens is 1. The molecular weight excluding hydrogens is 186 g/mol. The van der Waals surface area contributed by atoms with Crippen molar-refractivity contribution in [1.29, 1.82) is 0 Å². The largest absolute Gasteiger partial charge is 0.329 e. The summed E-state index contributed by atoms with van der Waals surface area (Å²) in [5, 5.41) is 3.41. The first-order chi connectivity index (χ1) is 5.75. The van der Waals surface area contributed by atoms with Crippen molar-refractivity contribution in [3.8, 4) is 0 Å². The first kappa shape index (κ1) is 13.2. The summed E-state index contributed by atoms with van der Waals surface area (Å²) in [5.74, 6) is 0. The number of piperidine rings is 1. The summed E-state index contributed by atoms with van der Waals surface area (Å²) in [6, 6.07) is 1.20. The van der Waals surface area contributed by atoms with Crippen LogP contribution in [0.3, 0.4) is 0 Å². The highest BCUT2D eigenvalue weighted by atomic mass is 35.5. The Balaban J connectivity index is 0.00000144. The molecule has 1 heterocycles. The highest BCUT2D eigenvalue weighted by Crippen LogP contribution is 2.10. The Labute approximate surface area is 87.5 Å². The van der Waals surface area contributed by atoms with Crippen molar-refractivity contribution < 1.29 is 0 Å². The zero-order valence-electron chi connectivity index (χ0n) is 8.62. The van der Waals surface area contributed by atoms with E-state index in [-0.39, 0.29) is 12.4 Å². The molecule has 3 nitrogen and oxygen atoms in total. The molecule has 2 unspecified atom stereocenters. The van der Waals surface area contributed by atoms with Crippen LogP contribution in [0.2, 0.25) is 0 Å². The molecule has 1 aliphatic heterocycles. The summed E-state index contributed by atoms with van der Waals surface area (Å²) in [4.78, 5) is 2.40. The lowest BCUT2D eigenvalue weighted by Gasteiger charge is -2.35. The fraction of sp³-hybridized carbons (Fsp3) is 1.00. The maximum atomic E-state index is 5.62. The summed E-state index contributed by atoms with van der Waals surface area (Å²) >= 11 is 0. The minimum Gasteiger partial charge on any atom is -0.329 e. The lowest BCUT2D eigenvalue weighted by molar-refractivity contribution is 0.159. The van der Waals surface area contributed by atoms with E-state index in [1.54, 1.807) is 0 Å². The van der Waals surface area contributed by atoms with E-state index in [9.17, 15) is 0 Å². The number of rotatable bonds is 3. The maximum Gasteiger partial charge on any atom is 0.0221 e. The summed E-state index contributed by atoms with van der Waals surface area (Å²) in [7, 11) is 2.18. The molecule has 1 aliphatic rings. The minimum atomic E-state index is 0. The second kappa shape index (κ2) is 6.60. The number of nitrogens with one attached hydrogen (secondary N) is 1. The van der Waals surface area contributed by atoms with Gasteiger partial charge in [-0.05, 0) is 33.4 Å². The van der Waals surface area contributed by atoms with E-state index in [0.717, 1.165) is 13.1 Å². The van der Waals surface area contributed by atoms with Crippen LogP contribution >= 0.6 is 12.4 Å². The predicted molar refractivity (Wildman–Crippen MR) is 59.4 cm³/mol. The number of hydrogen-bond acceptors (Lipinski definition) is 3. The van der Waals surface area contributed by atoms with Crippen LogP contribution in [0.1, 0.15) is 19.8 Å². The van der Waals surface area contributed by atoms with Crippen LogP contribution in [0.4, 0.5) is 0 Å². The zero-order valence-corrected chi connectivity index (χ0v) is 9.44. The molecule has 13 heavy (non-hydrogen) atoms. The third kappa shape index (κ3) is 3.81. The van der Waals surface area contributed by atoms with E-state index in [0.29, 0.717) is 12.1 Å². The van der Waals surface area contributed by atoms with Crippen molar-refractivity contribution >= 4 is 12.4 Å². The highest BCUT2D eigenvalue weighted by Gasteiger charge is 2.20. The van der Waals surface area contributed by atoms with E-state index >= 15 is 0 Å². The van der Waals surface area contributed by atoms with Crippen LogP contribution in [0.15, 0.2) is 0 Å². The van der Waals surface area contributed by atoms with Gasteiger partial charge in [0, 0.05) is 25.2 Å². The van der Waals surface area contributed by atoms with Gasteiger partial charge in [-0.1, -0.05) is 0 Å². The Hall–Kier alpha value is 0.170. The molecule has 1 rings (SSSR count). The highest BCUT2D eigenvalue weighted by molar-refractivity contribution is 5.85. The van der Waals surface area contributed by atoms with E-state index in [2.05, 4.69) is 24.2 Å². The Morgan fingerprint density at radius 3 is 2.77 bits per heavy atom.